The van der Waals surface area contributed by atoms with Crippen molar-refractivity contribution in [3.8, 4) is 22.7 Å². The van der Waals surface area contributed by atoms with Gasteiger partial charge in [-0.25, -0.2) is 4.98 Å². The summed E-state index contributed by atoms with van der Waals surface area (Å²) in [6, 6.07) is 6.52. The predicted molar refractivity (Wildman–Crippen MR) is 86.3 cm³/mol. The third-order valence-electron chi connectivity index (χ3n) is 3.70. The zero-order chi connectivity index (χ0) is 19.1. The molecule has 3 rings (SSSR count). The molecule has 6 nitrogen and oxygen atoms in total. The number of benzene rings is 1. The first-order valence-electron chi connectivity index (χ1n) is 7.43. The maximum absolute atomic E-state index is 13.4. The second-order valence-corrected chi connectivity index (χ2v) is 5.61. The van der Waals surface area contributed by atoms with Crippen molar-refractivity contribution in [2.45, 2.75) is 20.0 Å². The van der Waals surface area contributed by atoms with Crippen molar-refractivity contribution >= 4 is 5.69 Å². The third kappa shape index (κ3) is 3.28. The molecule has 2 heterocycles. The van der Waals surface area contributed by atoms with Crippen LogP contribution in [0, 0.1) is 24.0 Å². The molecule has 2 aromatic heterocycles. The summed E-state index contributed by atoms with van der Waals surface area (Å²) in [6.07, 6.45) is -3.44. The number of hydrogen-bond donors (Lipinski definition) is 0. The van der Waals surface area contributed by atoms with Gasteiger partial charge in [-0.2, -0.15) is 13.2 Å². The van der Waals surface area contributed by atoms with Gasteiger partial charge < -0.3 is 4.42 Å². The fraction of sp³-hybridized carbons (Fsp3) is 0.176. The number of aromatic nitrogens is 2. The standard InChI is InChI=1S/C17H12F3N3O3/c1-9-6-13(17(18,19)20)15(10(2)21-9)16-22-14(8-26-16)11-4-3-5-12(7-11)23(24)25/h3-8H,1-2H3. The van der Waals surface area contributed by atoms with E-state index in [0.29, 0.717) is 5.56 Å². The molecule has 0 amide bonds. The van der Waals surface area contributed by atoms with Crippen LogP contribution in [0.2, 0.25) is 0 Å². The Morgan fingerprint density at radius 2 is 1.88 bits per heavy atom. The maximum Gasteiger partial charge on any atom is 0.417 e. The van der Waals surface area contributed by atoms with Crippen LogP contribution < -0.4 is 0 Å². The Morgan fingerprint density at radius 3 is 2.54 bits per heavy atom. The lowest BCUT2D eigenvalue weighted by Gasteiger charge is -2.13. The first kappa shape index (κ1) is 17.6. The molecule has 1 aromatic carbocycles. The highest BCUT2D eigenvalue weighted by Crippen LogP contribution is 2.39. The summed E-state index contributed by atoms with van der Waals surface area (Å²) in [7, 11) is 0. The van der Waals surface area contributed by atoms with Gasteiger partial charge in [0.2, 0.25) is 5.89 Å². The minimum absolute atomic E-state index is 0.129. The van der Waals surface area contributed by atoms with Crippen molar-refractivity contribution in [2.75, 3.05) is 0 Å². The summed E-state index contributed by atoms with van der Waals surface area (Å²) in [6.45, 7) is 2.91. The first-order valence-corrected chi connectivity index (χ1v) is 7.43. The van der Waals surface area contributed by atoms with Gasteiger partial charge in [0.15, 0.2) is 0 Å². The van der Waals surface area contributed by atoms with E-state index in [4.69, 9.17) is 4.42 Å². The molecule has 0 aliphatic heterocycles. The van der Waals surface area contributed by atoms with E-state index in [9.17, 15) is 23.3 Å². The number of aryl methyl sites for hydroxylation is 2. The van der Waals surface area contributed by atoms with Crippen LogP contribution >= 0.6 is 0 Å². The van der Waals surface area contributed by atoms with Gasteiger partial charge in [0, 0.05) is 23.4 Å². The van der Waals surface area contributed by atoms with Gasteiger partial charge in [-0.1, -0.05) is 12.1 Å². The Balaban J connectivity index is 2.12. The number of non-ortho nitro benzene ring substituents is 1. The number of oxazole rings is 1. The monoisotopic (exact) mass is 363 g/mol. The van der Waals surface area contributed by atoms with Gasteiger partial charge in [-0.3, -0.25) is 15.1 Å². The summed E-state index contributed by atoms with van der Waals surface area (Å²) < 4.78 is 45.4. The van der Waals surface area contributed by atoms with E-state index in [-0.39, 0.29) is 34.2 Å². The number of nitro groups is 1. The van der Waals surface area contributed by atoms with Crippen LogP contribution in [-0.4, -0.2) is 14.9 Å². The summed E-state index contributed by atoms with van der Waals surface area (Å²) in [5.74, 6) is -0.246. The number of hydrogen-bond acceptors (Lipinski definition) is 5. The van der Waals surface area contributed by atoms with Gasteiger partial charge in [0.1, 0.15) is 12.0 Å². The number of alkyl halides is 3. The first-order chi connectivity index (χ1) is 12.2. The Labute approximate surface area is 145 Å². The van der Waals surface area contributed by atoms with Crippen LogP contribution in [-0.2, 0) is 6.18 Å². The van der Waals surface area contributed by atoms with Crippen LogP contribution in [0.5, 0.6) is 0 Å². The molecule has 0 radical (unpaired) electrons. The number of rotatable bonds is 3. The molecule has 3 aromatic rings. The molecule has 0 saturated carbocycles. The van der Waals surface area contributed by atoms with Crippen LogP contribution in [0.1, 0.15) is 17.0 Å². The number of nitrogens with zero attached hydrogens (tertiary/aromatic N) is 3. The molecule has 0 spiro atoms. The van der Waals surface area contributed by atoms with Crippen LogP contribution in [0.4, 0.5) is 18.9 Å². The molecule has 0 unspecified atom stereocenters. The fourth-order valence-corrected chi connectivity index (χ4v) is 2.62. The van der Waals surface area contributed by atoms with Crippen molar-refractivity contribution in [1.82, 2.24) is 9.97 Å². The highest BCUT2D eigenvalue weighted by atomic mass is 19.4. The number of nitro benzene ring substituents is 1. The highest BCUT2D eigenvalue weighted by Gasteiger charge is 2.36. The molecule has 0 fully saturated rings. The van der Waals surface area contributed by atoms with Gasteiger partial charge in [-0.05, 0) is 19.9 Å². The van der Waals surface area contributed by atoms with Crippen LogP contribution in [0.25, 0.3) is 22.7 Å². The molecule has 0 aliphatic carbocycles. The Kier molecular flexibility index (Phi) is 4.23. The van der Waals surface area contributed by atoms with Gasteiger partial charge >= 0.3 is 6.18 Å². The lowest BCUT2D eigenvalue weighted by Crippen LogP contribution is -2.10. The van der Waals surface area contributed by atoms with Crippen molar-refractivity contribution in [3.63, 3.8) is 0 Å². The van der Waals surface area contributed by atoms with E-state index in [0.717, 1.165) is 12.3 Å². The quantitative estimate of drug-likeness (QED) is 0.486. The van der Waals surface area contributed by atoms with E-state index >= 15 is 0 Å². The molecule has 134 valence electrons. The van der Waals surface area contributed by atoms with E-state index in [1.54, 1.807) is 6.07 Å². The highest BCUT2D eigenvalue weighted by molar-refractivity contribution is 5.68. The topological polar surface area (TPSA) is 82.1 Å². The molecule has 0 bridgehead atoms. The van der Waals surface area contributed by atoms with Crippen molar-refractivity contribution in [3.05, 3.63) is 63.7 Å². The molecular formula is C17H12F3N3O3. The zero-order valence-corrected chi connectivity index (χ0v) is 13.7. The second-order valence-electron chi connectivity index (χ2n) is 5.61. The van der Waals surface area contributed by atoms with E-state index < -0.39 is 16.7 Å². The van der Waals surface area contributed by atoms with Crippen molar-refractivity contribution in [1.29, 1.82) is 0 Å². The van der Waals surface area contributed by atoms with E-state index in [1.165, 1.54) is 32.0 Å². The molecule has 0 atom stereocenters. The average Bonchev–Trinajstić information content (AvgIpc) is 3.03. The van der Waals surface area contributed by atoms with Gasteiger partial charge in [0.05, 0.1) is 21.7 Å². The second kappa shape index (κ2) is 6.25. The molecule has 26 heavy (non-hydrogen) atoms. The van der Waals surface area contributed by atoms with E-state index in [1.807, 2.05) is 0 Å². The van der Waals surface area contributed by atoms with Crippen LogP contribution in [0.3, 0.4) is 0 Å². The SMILES string of the molecule is Cc1cc(C(F)(F)F)c(-c2nc(-c3cccc([N+](=O)[O-])c3)co2)c(C)n1. The average molecular weight is 363 g/mol. The molecule has 0 aliphatic rings. The largest absolute Gasteiger partial charge is 0.444 e. The summed E-state index contributed by atoms with van der Waals surface area (Å²) >= 11 is 0. The molecule has 0 saturated heterocycles. The van der Waals surface area contributed by atoms with Crippen molar-refractivity contribution < 1.29 is 22.5 Å². The predicted octanol–water partition coefficient (Wildman–Crippen LogP) is 4.95. The minimum atomic E-state index is -4.60. The molecular weight excluding hydrogens is 351 g/mol. The normalized spacial score (nSPS) is 11.6. The smallest absolute Gasteiger partial charge is 0.417 e. The lowest BCUT2D eigenvalue weighted by atomic mass is 10.0. The van der Waals surface area contributed by atoms with Crippen molar-refractivity contribution in [2.24, 2.45) is 0 Å². The Hall–Kier alpha value is -3.23. The Bertz CT molecular complexity index is 996. The lowest BCUT2D eigenvalue weighted by molar-refractivity contribution is -0.384. The Morgan fingerprint density at radius 1 is 1.15 bits per heavy atom. The molecule has 0 N–H and O–H groups in total. The third-order valence-corrected chi connectivity index (χ3v) is 3.70. The summed E-state index contributed by atoms with van der Waals surface area (Å²) in [4.78, 5) is 18.4. The number of halogens is 3. The van der Waals surface area contributed by atoms with Gasteiger partial charge in [-0.15, -0.1) is 0 Å². The summed E-state index contributed by atoms with van der Waals surface area (Å²) in [5, 5.41) is 10.9. The molecule has 9 heteroatoms. The van der Waals surface area contributed by atoms with Gasteiger partial charge in [0.25, 0.3) is 5.69 Å². The van der Waals surface area contributed by atoms with E-state index in [2.05, 4.69) is 9.97 Å². The maximum atomic E-state index is 13.4. The zero-order valence-electron chi connectivity index (χ0n) is 13.7. The van der Waals surface area contributed by atoms with Crippen LogP contribution in [0.15, 0.2) is 41.0 Å². The minimum Gasteiger partial charge on any atom is -0.444 e. The fourth-order valence-electron chi connectivity index (χ4n) is 2.62. The number of pyridine rings is 1. The summed E-state index contributed by atoms with van der Waals surface area (Å²) in [5.41, 5.74) is -0.392.